The van der Waals surface area contributed by atoms with E-state index in [2.05, 4.69) is 39.4 Å². The molecule has 1 aromatic heterocycles. The molecule has 1 fully saturated rings. The summed E-state index contributed by atoms with van der Waals surface area (Å²) in [6.07, 6.45) is 7.33. The van der Waals surface area contributed by atoms with Gasteiger partial charge >= 0.3 is 0 Å². The van der Waals surface area contributed by atoms with E-state index in [-0.39, 0.29) is 0 Å². The zero-order valence-electron chi connectivity index (χ0n) is 15.0. The molecular formula is C21H29N3O. The van der Waals surface area contributed by atoms with E-state index in [0.29, 0.717) is 0 Å². The normalized spacial score (nSPS) is 18.1. The highest BCUT2D eigenvalue weighted by Gasteiger charge is 2.30. The van der Waals surface area contributed by atoms with Gasteiger partial charge in [0.1, 0.15) is 0 Å². The molecule has 0 bridgehead atoms. The molecule has 0 saturated heterocycles. The van der Waals surface area contributed by atoms with Crippen LogP contribution in [0.4, 0.5) is 0 Å². The van der Waals surface area contributed by atoms with Gasteiger partial charge in [-0.25, -0.2) is 0 Å². The van der Waals surface area contributed by atoms with Crippen molar-refractivity contribution in [1.29, 1.82) is 0 Å². The van der Waals surface area contributed by atoms with Crippen LogP contribution in [0, 0.1) is 0 Å². The van der Waals surface area contributed by atoms with E-state index in [1.165, 1.54) is 61.3 Å². The van der Waals surface area contributed by atoms with Gasteiger partial charge in [-0.2, -0.15) is 5.10 Å². The molecule has 2 aromatic rings. The predicted octanol–water partition coefficient (Wildman–Crippen LogP) is 3.68. The van der Waals surface area contributed by atoms with Crippen molar-refractivity contribution in [1.82, 2.24) is 15.1 Å². The number of nitrogens with one attached hydrogen (secondary N) is 1. The van der Waals surface area contributed by atoms with E-state index in [0.717, 1.165) is 38.5 Å². The second-order valence-corrected chi connectivity index (χ2v) is 7.43. The summed E-state index contributed by atoms with van der Waals surface area (Å²) in [6.45, 7) is 5.11. The van der Waals surface area contributed by atoms with Gasteiger partial charge < -0.3 is 9.64 Å². The van der Waals surface area contributed by atoms with Gasteiger partial charge in [-0.3, -0.25) is 5.10 Å². The van der Waals surface area contributed by atoms with Gasteiger partial charge in [0.2, 0.25) is 0 Å². The third-order valence-electron chi connectivity index (χ3n) is 5.43. The number of ether oxygens (including phenoxy) is 1. The van der Waals surface area contributed by atoms with E-state index < -0.39 is 0 Å². The molecule has 1 aromatic carbocycles. The second-order valence-electron chi connectivity index (χ2n) is 7.43. The van der Waals surface area contributed by atoms with Crippen LogP contribution in [0.1, 0.15) is 54.1 Å². The summed E-state index contributed by atoms with van der Waals surface area (Å²) in [5.74, 6) is 0.758. The van der Waals surface area contributed by atoms with Crippen LogP contribution in [0.5, 0.6) is 0 Å². The average Bonchev–Trinajstić information content (AvgIpc) is 3.44. The summed E-state index contributed by atoms with van der Waals surface area (Å²) in [5, 5.41) is 7.90. The Balaban J connectivity index is 1.14. The summed E-state index contributed by atoms with van der Waals surface area (Å²) < 4.78 is 5.79. The molecule has 0 atom stereocenters. The van der Waals surface area contributed by atoms with E-state index in [1.54, 1.807) is 0 Å². The number of H-pyrrole nitrogens is 1. The molecule has 0 unspecified atom stereocenters. The smallest absolute Gasteiger partial charge is 0.0716 e. The van der Waals surface area contributed by atoms with E-state index in [9.17, 15) is 0 Å². The van der Waals surface area contributed by atoms with Crippen molar-refractivity contribution >= 4 is 0 Å². The number of unbranched alkanes of at least 4 members (excludes halogenated alkanes) is 1. The van der Waals surface area contributed by atoms with Gasteiger partial charge in [0, 0.05) is 37.7 Å². The minimum Gasteiger partial charge on any atom is -0.377 e. The fraction of sp³-hybridized carbons (Fsp3) is 0.571. The Morgan fingerprint density at radius 1 is 1.08 bits per heavy atom. The first-order valence-electron chi connectivity index (χ1n) is 9.80. The van der Waals surface area contributed by atoms with E-state index in [1.807, 2.05) is 6.07 Å². The van der Waals surface area contributed by atoms with Gasteiger partial charge in [0.15, 0.2) is 0 Å². The molecule has 1 saturated carbocycles. The zero-order chi connectivity index (χ0) is 16.9. The average molecular weight is 339 g/mol. The molecule has 0 radical (unpaired) electrons. The van der Waals surface area contributed by atoms with Gasteiger partial charge in [0.25, 0.3) is 0 Å². The summed E-state index contributed by atoms with van der Waals surface area (Å²) in [4.78, 5) is 2.61. The quantitative estimate of drug-likeness (QED) is 0.746. The highest BCUT2D eigenvalue weighted by molar-refractivity contribution is 5.32. The molecule has 4 nitrogen and oxygen atoms in total. The number of aromatic amines is 1. The van der Waals surface area contributed by atoms with Crippen molar-refractivity contribution in [2.75, 3.05) is 26.2 Å². The summed E-state index contributed by atoms with van der Waals surface area (Å²) in [7, 11) is 0. The molecule has 0 amide bonds. The molecule has 2 aliphatic rings. The highest BCUT2D eigenvalue weighted by atomic mass is 16.5. The molecule has 25 heavy (non-hydrogen) atoms. The number of nitrogens with zero attached hydrogens (tertiary/aromatic N) is 2. The molecule has 0 spiro atoms. The Hall–Kier alpha value is -1.65. The minimum atomic E-state index is 0.732. The van der Waals surface area contributed by atoms with Gasteiger partial charge in [0.05, 0.1) is 12.3 Å². The lowest BCUT2D eigenvalue weighted by molar-refractivity contribution is 0.114. The first-order valence-corrected chi connectivity index (χ1v) is 9.80. The zero-order valence-corrected chi connectivity index (χ0v) is 15.0. The van der Waals surface area contributed by atoms with Gasteiger partial charge in [-0.05, 0) is 49.8 Å². The molecule has 4 rings (SSSR count). The van der Waals surface area contributed by atoms with Gasteiger partial charge in [-0.1, -0.05) is 30.3 Å². The topological polar surface area (TPSA) is 41.1 Å². The minimum absolute atomic E-state index is 0.732. The van der Waals surface area contributed by atoms with Crippen LogP contribution in [-0.4, -0.2) is 41.3 Å². The summed E-state index contributed by atoms with van der Waals surface area (Å²) in [5.41, 5.74) is 5.58. The number of aromatic nitrogens is 2. The van der Waals surface area contributed by atoms with Crippen molar-refractivity contribution in [3.63, 3.8) is 0 Å². The Morgan fingerprint density at radius 2 is 1.92 bits per heavy atom. The SMILES string of the molecule is c1ccc(COCCCCN2CCc3[nH]nc(C4CC4)c3CC2)cc1. The molecule has 1 aliphatic carbocycles. The van der Waals surface area contributed by atoms with Crippen molar-refractivity contribution < 1.29 is 4.74 Å². The fourth-order valence-corrected chi connectivity index (χ4v) is 3.78. The van der Waals surface area contributed by atoms with Crippen molar-refractivity contribution in [2.24, 2.45) is 0 Å². The molecule has 4 heteroatoms. The van der Waals surface area contributed by atoms with Crippen molar-refractivity contribution in [2.45, 2.75) is 51.0 Å². The number of rotatable bonds is 8. The van der Waals surface area contributed by atoms with Crippen LogP contribution in [0.3, 0.4) is 0 Å². The lowest BCUT2D eigenvalue weighted by atomic mass is 10.1. The Morgan fingerprint density at radius 3 is 2.76 bits per heavy atom. The van der Waals surface area contributed by atoms with E-state index >= 15 is 0 Å². The van der Waals surface area contributed by atoms with Crippen molar-refractivity contribution in [3.8, 4) is 0 Å². The Labute approximate surface area is 150 Å². The first kappa shape index (κ1) is 16.8. The van der Waals surface area contributed by atoms with Crippen LogP contribution in [0.15, 0.2) is 30.3 Å². The maximum absolute atomic E-state index is 5.79. The lowest BCUT2D eigenvalue weighted by Crippen LogP contribution is -2.28. The number of fused-ring (bicyclic) bond motifs is 1. The Kier molecular flexibility index (Phi) is 5.48. The Bertz CT molecular complexity index is 663. The van der Waals surface area contributed by atoms with Crippen LogP contribution < -0.4 is 0 Å². The monoisotopic (exact) mass is 339 g/mol. The largest absolute Gasteiger partial charge is 0.377 e. The molecule has 1 aliphatic heterocycles. The third-order valence-corrected chi connectivity index (χ3v) is 5.43. The van der Waals surface area contributed by atoms with Crippen LogP contribution in [0.2, 0.25) is 0 Å². The fourth-order valence-electron chi connectivity index (χ4n) is 3.78. The summed E-state index contributed by atoms with van der Waals surface area (Å²) in [6, 6.07) is 10.4. The molecule has 2 heterocycles. The van der Waals surface area contributed by atoms with Crippen molar-refractivity contribution in [3.05, 3.63) is 52.8 Å². The van der Waals surface area contributed by atoms with E-state index in [4.69, 9.17) is 4.74 Å². The maximum Gasteiger partial charge on any atom is 0.0716 e. The van der Waals surface area contributed by atoms with Crippen LogP contribution in [0.25, 0.3) is 0 Å². The standard InChI is InChI=1S/C21H29N3O/c1-2-6-17(7-3-1)16-25-15-5-4-12-24-13-10-19-20(11-14-24)22-23-21(19)18-8-9-18/h1-3,6-7,18H,4-5,8-16H2,(H,22,23). The number of hydrogen-bond acceptors (Lipinski definition) is 3. The second kappa shape index (κ2) is 8.15. The molecule has 134 valence electrons. The molecule has 1 N–H and O–H groups in total. The predicted molar refractivity (Wildman–Crippen MR) is 99.7 cm³/mol. The first-order chi connectivity index (χ1) is 12.4. The van der Waals surface area contributed by atoms with Crippen LogP contribution >= 0.6 is 0 Å². The van der Waals surface area contributed by atoms with Crippen LogP contribution in [-0.2, 0) is 24.2 Å². The molecular weight excluding hydrogens is 310 g/mol. The number of benzene rings is 1. The third kappa shape index (κ3) is 4.50. The highest BCUT2D eigenvalue weighted by Crippen LogP contribution is 2.41. The van der Waals surface area contributed by atoms with Gasteiger partial charge in [-0.15, -0.1) is 0 Å². The summed E-state index contributed by atoms with van der Waals surface area (Å²) >= 11 is 0. The maximum atomic E-state index is 5.79. The lowest BCUT2D eigenvalue weighted by Gasteiger charge is -2.19. The number of hydrogen-bond donors (Lipinski definition) is 1.